The number of hydrogen-bond acceptors (Lipinski definition) is 4. The van der Waals surface area contributed by atoms with E-state index in [0.717, 1.165) is 0 Å². The van der Waals surface area contributed by atoms with Gasteiger partial charge < -0.3 is 9.26 Å². The van der Waals surface area contributed by atoms with Crippen molar-refractivity contribution in [2.75, 3.05) is 0 Å². The minimum atomic E-state index is -2.52. The molecule has 0 bridgehead atoms. The summed E-state index contributed by atoms with van der Waals surface area (Å²) in [6, 6.07) is 8.12. The minimum Gasteiger partial charge on any atom is -0.462 e. The van der Waals surface area contributed by atoms with E-state index >= 15 is 0 Å². The van der Waals surface area contributed by atoms with Crippen molar-refractivity contribution >= 4 is 14.1 Å². The lowest BCUT2D eigenvalue weighted by atomic mass is 10.3. The van der Waals surface area contributed by atoms with Crippen LogP contribution in [0, 0.1) is 0 Å². The molecule has 2 atom stereocenters. The van der Waals surface area contributed by atoms with Gasteiger partial charge in [-0.15, -0.1) is 0 Å². The van der Waals surface area contributed by atoms with Gasteiger partial charge in [0.15, 0.2) is 0 Å². The zero-order valence-electron chi connectivity index (χ0n) is 10.7. The van der Waals surface area contributed by atoms with Gasteiger partial charge in [0.25, 0.3) is 0 Å². The molecule has 0 aliphatic rings. The molecule has 1 N–H and O–H groups in total. The quantitative estimate of drug-likeness (QED) is 0.635. The highest BCUT2D eigenvalue weighted by Gasteiger charge is 2.18. The van der Waals surface area contributed by atoms with Crippen LogP contribution in [0.15, 0.2) is 30.3 Å². The Morgan fingerprint density at radius 1 is 1.22 bits per heavy atom. The standard InChI is InChI=1S/C12H18NO4P/c1-9(2)16-12(14)10(3)13-18(15)17-11-7-5-4-6-8-11/h4-10,18H,1-3H3,(H,13,15). The first-order valence-corrected chi connectivity index (χ1v) is 7.04. The third-order valence-corrected chi connectivity index (χ3v) is 3.08. The van der Waals surface area contributed by atoms with E-state index in [0.29, 0.717) is 5.75 Å². The fourth-order valence-electron chi connectivity index (χ4n) is 1.20. The third kappa shape index (κ3) is 5.34. The monoisotopic (exact) mass is 271 g/mol. The predicted molar refractivity (Wildman–Crippen MR) is 69.9 cm³/mol. The Kier molecular flexibility index (Phi) is 5.89. The third-order valence-electron chi connectivity index (χ3n) is 1.99. The SMILES string of the molecule is CC(C)OC(=O)C(C)N[PH](=O)Oc1ccccc1. The summed E-state index contributed by atoms with van der Waals surface area (Å²) in [6.07, 6.45) is -0.195. The van der Waals surface area contributed by atoms with Crippen LogP contribution in [-0.4, -0.2) is 18.1 Å². The van der Waals surface area contributed by atoms with Crippen molar-refractivity contribution < 1.29 is 18.6 Å². The first-order valence-electron chi connectivity index (χ1n) is 5.73. The summed E-state index contributed by atoms with van der Waals surface area (Å²) in [5.41, 5.74) is 0. The summed E-state index contributed by atoms with van der Waals surface area (Å²) in [7, 11) is -2.52. The van der Waals surface area contributed by atoms with Crippen LogP contribution >= 0.6 is 8.18 Å². The highest BCUT2D eigenvalue weighted by molar-refractivity contribution is 7.37. The molecule has 0 saturated carbocycles. The van der Waals surface area contributed by atoms with E-state index in [1.54, 1.807) is 45.0 Å². The molecule has 5 nitrogen and oxygen atoms in total. The van der Waals surface area contributed by atoms with Gasteiger partial charge in [-0.1, -0.05) is 18.2 Å². The average Bonchev–Trinajstić information content (AvgIpc) is 2.29. The molecule has 0 aliphatic heterocycles. The number of ether oxygens (including phenoxy) is 1. The van der Waals surface area contributed by atoms with Crippen molar-refractivity contribution in [2.45, 2.75) is 32.9 Å². The van der Waals surface area contributed by atoms with Crippen molar-refractivity contribution in [1.82, 2.24) is 5.09 Å². The second-order valence-electron chi connectivity index (χ2n) is 4.05. The molecule has 0 amide bonds. The number of carbonyl (C=O) groups is 1. The molecule has 1 aromatic carbocycles. The van der Waals surface area contributed by atoms with Crippen LogP contribution in [-0.2, 0) is 14.1 Å². The Morgan fingerprint density at radius 2 is 1.83 bits per heavy atom. The van der Waals surface area contributed by atoms with Gasteiger partial charge in [0, 0.05) is 0 Å². The first-order chi connectivity index (χ1) is 8.49. The largest absolute Gasteiger partial charge is 0.462 e. The fourth-order valence-corrected chi connectivity index (χ4v) is 2.08. The number of rotatable bonds is 6. The number of benzene rings is 1. The zero-order valence-corrected chi connectivity index (χ0v) is 11.7. The maximum atomic E-state index is 11.7. The van der Waals surface area contributed by atoms with E-state index in [2.05, 4.69) is 5.09 Å². The van der Waals surface area contributed by atoms with Gasteiger partial charge in [-0.25, -0.2) is 5.09 Å². The molecule has 0 fully saturated rings. The van der Waals surface area contributed by atoms with E-state index < -0.39 is 20.2 Å². The summed E-state index contributed by atoms with van der Waals surface area (Å²) in [6.45, 7) is 5.10. The van der Waals surface area contributed by atoms with E-state index in [4.69, 9.17) is 9.26 Å². The molecule has 100 valence electrons. The Bertz CT molecular complexity index is 408. The summed E-state index contributed by atoms with van der Waals surface area (Å²) in [5.74, 6) is 0.0540. The van der Waals surface area contributed by atoms with Crippen LogP contribution in [0.4, 0.5) is 0 Å². The van der Waals surface area contributed by atoms with Crippen molar-refractivity contribution in [3.63, 3.8) is 0 Å². The highest BCUT2D eigenvalue weighted by atomic mass is 31.1. The highest BCUT2D eigenvalue weighted by Crippen LogP contribution is 2.23. The fraction of sp³-hybridized carbons (Fsp3) is 0.417. The molecular formula is C12H18NO4P. The lowest BCUT2D eigenvalue weighted by Gasteiger charge is -2.15. The molecule has 2 unspecified atom stereocenters. The van der Waals surface area contributed by atoms with E-state index in [1.165, 1.54) is 0 Å². The Hall–Kier alpha value is -1.32. The van der Waals surface area contributed by atoms with Gasteiger partial charge in [0.1, 0.15) is 11.8 Å². The van der Waals surface area contributed by atoms with E-state index in [1.807, 2.05) is 6.07 Å². The van der Waals surface area contributed by atoms with Crippen LogP contribution < -0.4 is 9.61 Å². The number of hydrogen-bond donors (Lipinski definition) is 1. The lowest BCUT2D eigenvalue weighted by molar-refractivity contribution is -0.148. The molecule has 6 heteroatoms. The summed E-state index contributed by atoms with van der Waals surface area (Å²) >= 11 is 0. The maximum Gasteiger partial charge on any atom is 0.323 e. The molecular weight excluding hydrogens is 253 g/mol. The molecule has 0 aromatic heterocycles. The first kappa shape index (κ1) is 14.7. The molecule has 18 heavy (non-hydrogen) atoms. The van der Waals surface area contributed by atoms with Crippen LogP contribution in [0.25, 0.3) is 0 Å². The van der Waals surface area contributed by atoms with E-state index in [9.17, 15) is 9.36 Å². The molecule has 0 aliphatic carbocycles. The van der Waals surface area contributed by atoms with Gasteiger partial charge >= 0.3 is 14.1 Å². The smallest absolute Gasteiger partial charge is 0.323 e. The van der Waals surface area contributed by atoms with E-state index in [-0.39, 0.29) is 6.10 Å². The normalized spacial score (nSPS) is 14.0. The maximum absolute atomic E-state index is 11.7. The molecule has 1 rings (SSSR count). The summed E-state index contributed by atoms with van der Waals surface area (Å²) < 4.78 is 21.8. The van der Waals surface area contributed by atoms with Gasteiger partial charge in [0.05, 0.1) is 6.10 Å². The minimum absolute atomic E-state index is 0.195. The predicted octanol–water partition coefficient (Wildman–Crippen LogP) is 2.38. The summed E-state index contributed by atoms with van der Waals surface area (Å²) in [4.78, 5) is 11.5. The molecule has 0 spiro atoms. The van der Waals surface area contributed by atoms with Crippen molar-refractivity contribution in [3.05, 3.63) is 30.3 Å². The van der Waals surface area contributed by atoms with Gasteiger partial charge in [0.2, 0.25) is 0 Å². The number of nitrogens with one attached hydrogen (secondary N) is 1. The Morgan fingerprint density at radius 3 is 2.39 bits per heavy atom. The van der Waals surface area contributed by atoms with Gasteiger partial charge in [-0.3, -0.25) is 9.36 Å². The Labute approximate surface area is 107 Å². The zero-order chi connectivity index (χ0) is 13.5. The van der Waals surface area contributed by atoms with Crippen LogP contribution in [0.5, 0.6) is 5.75 Å². The van der Waals surface area contributed by atoms with Gasteiger partial charge in [-0.2, -0.15) is 0 Å². The Balaban J connectivity index is 2.43. The van der Waals surface area contributed by atoms with Crippen molar-refractivity contribution in [2.24, 2.45) is 0 Å². The lowest BCUT2D eigenvalue weighted by Crippen LogP contribution is -2.33. The van der Waals surface area contributed by atoms with Gasteiger partial charge in [-0.05, 0) is 32.9 Å². The molecule has 0 heterocycles. The van der Waals surface area contributed by atoms with Crippen LogP contribution in [0.1, 0.15) is 20.8 Å². The molecule has 1 aromatic rings. The summed E-state index contributed by atoms with van der Waals surface area (Å²) in [5, 5.41) is 2.58. The number of esters is 1. The topological polar surface area (TPSA) is 64.6 Å². The second kappa shape index (κ2) is 7.19. The van der Waals surface area contributed by atoms with Crippen molar-refractivity contribution in [1.29, 1.82) is 0 Å². The molecule has 0 saturated heterocycles. The van der Waals surface area contributed by atoms with Crippen LogP contribution in [0.2, 0.25) is 0 Å². The number of carbonyl (C=O) groups excluding carboxylic acids is 1. The van der Waals surface area contributed by atoms with Crippen LogP contribution in [0.3, 0.4) is 0 Å². The second-order valence-corrected chi connectivity index (χ2v) is 5.12. The molecule has 0 radical (unpaired) electrons. The number of para-hydroxylation sites is 1. The average molecular weight is 271 g/mol. The van der Waals surface area contributed by atoms with Crippen molar-refractivity contribution in [3.8, 4) is 5.75 Å².